The maximum atomic E-state index is 11.8. The monoisotopic (exact) mass is 368 g/mol. The quantitative estimate of drug-likeness (QED) is 0.538. The lowest BCUT2D eigenvalue weighted by atomic mass is 10.0. The number of hydrogen-bond acceptors (Lipinski definition) is 6. The molecule has 27 heavy (non-hydrogen) atoms. The molecule has 0 atom stereocenters. The molecule has 3 rings (SSSR count). The third-order valence-corrected chi connectivity index (χ3v) is 4.25. The Balaban J connectivity index is 2.30. The normalized spacial score (nSPS) is 10.6. The van der Waals surface area contributed by atoms with Crippen LogP contribution in [0.3, 0.4) is 0 Å². The lowest BCUT2D eigenvalue weighted by molar-refractivity contribution is -0.385. The molecule has 1 heterocycles. The minimum absolute atomic E-state index is 0.0131. The van der Waals surface area contributed by atoms with Crippen LogP contribution >= 0.6 is 0 Å². The maximum absolute atomic E-state index is 11.8. The molecular formula is C19H16N2O6. The first kappa shape index (κ1) is 18.1. The van der Waals surface area contributed by atoms with Crippen molar-refractivity contribution in [3.8, 4) is 22.8 Å². The number of ether oxygens (including phenoxy) is 2. The summed E-state index contributed by atoms with van der Waals surface area (Å²) >= 11 is 0. The lowest BCUT2D eigenvalue weighted by Crippen LogP contribution is -2.02. The number of rotatable bonds is 5. The van der Waals surface area contributed by atoms with Crippen LogP contribution in [0.1, 0.15) is 15.9 Å². The van der Waals surface area contributed by atoms with E-state index in [2.05, 4.69) is 4.98 Å². The summed E-state index contributed by atoms with van der Waals surface area (Å²) in [4.78, 5) is 27.0. The van der Waals surface area contributed by atoms with Gasteiger partial charge in [0.05, 0.1) is 35.9 Å². The minimum atomic E-state index is -1.14. The standard InChI is InChI=1S/C19H16N2O6/c1-10-4-5-11(6-16(10)21(24)25)14-7-13(19(22)23)12-8-17(26-2)18(27-3)9-15(12)20-14/h4-9H,1-3H3,(H,22,23). The second-order valence-corrected chi connectivity index (χ2v) is 5.84. The number of methoxy groups -OCH3 is 2. The van der Waals surface area contributed by atoms with Gasteiger partial charge in [-0.2, -0.15) is 0 Å². The Hall–Kier alpha value is -3.68. The van der Waals surface area contributed by atoms with Crippen molar-refractivity contribution in [2.75, 3.05) is 14.2 Å². The molecule has 1 aromatic heterocycles. The summed E-state index contributed by atoms with van der Waals surface area (Å²) in [6.07, 6.45) is 0. The number of carboxylic acid groups (broad SMARTS) is 1. The van der Waals surface area contributed by atoms with E-state index < -0.39 is 10.9 Å². The largest absolute Gasteiger partial charge is 0.493 e. The first-order valence-electron chi connectivity index (χ1n) is 7.91. The fourth-order valence-electron chi connectivity index (χ4n) is 2.84. The van der Waals surface area contributed by atoms with E-state index in [0.717, 1.165) is 0 Å². The molecule has 3 aromatic rings. The third-order valence-electron chi connectivity index (χ3n) is 4.25. The van der Waals surface area contributed by atoms with E-state index in [1.807, 2.05) is 0 Å². The number of hydrogen-bond donors (Lipinski definition) is 1. The van der Waals surface area contributed by atoms with E-state index in [0.29, 0.717) is 39.2 Å². The van der Waals surface area contributed by atoms with Crippen LogP contribution in [0.25, 0.3) is 22.2 Å². The molecule has 0 aliphatic carbocycles. The van der Waals surface area contributed by atoms with Crippen LogP contribution < -0.4 is 9.47 Å². The van der Waals surface area contributed by atoms with Gasteiger partial charge in [0.2, 0.25) is 0 Å². The number of aromatic carboxylic acids is 1. The van der Waals surface area contributed by atoms with Gasteiger partial charge >= 0.3 is 5.97 Å². The van der Waals surface area contributed by atoms with Crippen molar-refractivity contribution in [2.24, 2.45) is 0 Å². The van der Waals surface area contributed by atoms with Crippen LogP contribution in [-0.2, 0) is 0 Å². The topological polar surface area (TPSA) is 112 Å². The Morgan fingerprint density at radius 2 is 1.78 bits per heavy atom. The van der Waals surface area contributed by atoms with Crippen molar-refractivity contribution in [3.05, 3.63) is 57.6 Å². The summed E-state index contributed by atoms with van der Waals surface area (Å²) in [5.41, 5.74) is 1.61. The van der Waals surface area contributed by atoms with E-state index in [9.17, 15) is 20.0 Å². The molecular weight excluding hydrogens is 352 g/mol. The van der Waals surface area contributed by atoms with Gasteiger partial charge in [-0.3, -0.25) is 10.1 Å². The first-order chi connectivity index (χ1) is 12.8. The van der Waals surface area contributed by atoms with Gasteiger partial charge in [-0.25, -0.2) is 9.78 Å². The zero-order valence-corrected chi connectivity index (χ0v) is 14.8. The third kappa shape index (κ3) is 3.24. The summed E-state index contributed by atoms with van der Waals surface area (Å²) in [6.45, 7) is 1.63. The van der Waals surface area contributed by atoms with Crippen LogP contribution in [0.5, 0.6) is 11.5 Å². The van der Waals surface area contributed by atoms with E-state index >= 15 is 0 Å². The maximum Gasteiger partial charge on any atom is 0.336 e. The van der Waals surface area contributed by atoms with Gasteiger partial charge in [0.15, 0.2) is 11.5 Å². The molecule has 2 aromatic carbocycles. The average Bonchev–Trinajstić information content (AvgIpc) is 2.65. The highest BCUT2D eigenvalue weighted by Crippen LogP contribution is 2.35. The molecule has 0 saturated heterocycles. The fraction of sp³-hybridized carbons (Fsp3) is 0.158. The molecule has 0 aliphatic heterocycles. The van der Waals surface area contributed by atoms with Gasteiger partial charge in [0, 0.05) is 28.6 Å². The molecule has 0 aliphatic rings. The number of fused-ring (bicyclic) bond motifs is 1. The smallest absolute Gasteiger partial charge is 0.336 e. The van der Waals surface area contributed by atoms with Crippen molar-refractivity contribution < 1.29 is 24.3 Å². The zero-order valence-electron chi connectivity index (χ0n) is 14.8. The Bertz CT molecular complexity index is 1080. The van der Waals surface area contributed by atoms with Crippen LogP contribution in [0.15, 0.2) is 36.4 Å². The molecule has 0 bridgehead atoms. The van der Waals surface area contributed by atoms with E-state index in [4.69, 9.17) is 9.47 Å². The van der Waals surface area contributed by atoms with Crippen LogP contribution in [0.4, 0.5) is 5.69 Å². The number of pyridine rings is 1. The van der Waals surface area contributed by atoms with Gasteiger partial charge in [-0.05, 0) is 19.1 Å². The second kappa shape index (κ2) is 6.91. The predicted octanol–water partition coefficient (Wildman–Crippen LogP) is 3.83. The zero-order chi connectivity index (χ0) is 19.7. The predicted molar refractivity (Wildman–Crippen MR) is 98.6 cm³/mol. The highest BCUT2D eigenvalue weighted by atomic mass is 16.6. The highest BCUT2D eigenvalue weighted by molar-refractivity contribution is 6.04. The molecule has 0 unspecified atom stereocenters. The van der Waals surface area contributed by atoms with Gasteiger partial charge in [0.25, 0.3) is 5.69 Å². The number of nitro groups is 1. The molecule has 0 saturated carbocycles. The Morgan fingerprint density at radius 3 is 2.37 bits per heavy atom. The van der Waals surface area contributed by atoms with Crippen molar-refractivity contribution in [2.45, 2.75) is 6.92 Å². The van der Waals surface area contributed by atoms with Crippen LogP contribution in [0, 0.1) is 17.0 Å². The van der Waals surface area contributed by atoms with Gasteiger partial charge in [-0.1, -0.05) is 12.1 Å². The molecule has 8 heteroatoms. The Morgan fingerprint density at radius 1 is 1.11 bits per heavy atom. The lowest BCUT2D eigenvalue weighted by Gasteiger charge is -2.12. The summed E-state index contributed by atoms with van der Waals surface area (Å²) < 4.78 is 10.5. The minimum Gasteiger partial charge on any atom is -0.493 e. The average molecular weight is 368 g/mol. The number of aromatic nitrogens is 1. The van der Waals surface area contributed by atoms with Crippen LogP contribution in [0.2, 0.25) is 0 Å². The van der Waals surface area contributed by atoms with Crippen molar-refractivity contribution in [1.82, 2.24) is 4.98 Å². The number of carboxylic acids is 1. The molecule has 8 nitrogen and oxygen atoms in total. The molecule has 1 N–H and O–H groups in total. The summed E-state index contributed by atoms with van der Waals surface area (Å²) in [5, 5.41) is 21.2. The van der Waals surface area contributed by atoms with Crippen molar-refractivity contribution in [1.29, 1.82) is 0 Å². The Kier molecular flexibility index (Phi) is 4.64. The summed E-state index contributed by atoms with van der Waals surface area (Å²) in [5.74, 6) is -0.355. The summed E-state index contributed by atoms with van der Waals surface area (Å²) in [6, 6.07) is 9.18. The summed E-state index contributed by atoms with van der Waals surface area (Å²) in [7, 11) is 2.92. The van der Waals surface area contributed by atoms with Crippen LogP contribution in [-0.4, -0.2) is 35.2 Å². The highest BCUT2D eigenvalue weighted by Gasteiger charge is 2.18. The number of carbonyl (C=O) groups is 1. The van der Waals surface area contributed by atoms with E-state index in [-0.39, 0.29) is 11.3 Å². The SMILES string of the molecule is COc1cc2nc(-c3ccc(C)c([N+](=O)[O-])c3)cc(C(=O)O)c2cc1OC. The molecule has 0 spiro atoms. The molecule has 0 amide bonds. The van der Waals surface area contributed by atoms with E-state index in [1.165, 1.54) is 26.4 Å². The number of aryl methyl sites for hydroxylation is 1. The number of nitrogens with zero attached hydrogens (tertiary/aromatic N) is 2. The van der Waals surface area contributed by atoms with Gasteiger partial charge in [-0.15, -0.1) is 0 Å². The number of nitro benzene ring substituents is 1. The Labute approximate surface area is 154 Å². The first-order valence-corrected chi connectivity index (χ1v) is 7.91. The van der Waals surface area contributed by atoms with Crippen molar-refractivity contribution >= 4 is 22.6 Å². The molecule has 138 valence electrons. The molecule has 0 radical (unpaired) electrons. The van der Waals surface area contributed by atoms with Gasteiger partial charge in [0.1, 0.15) is 0 Å². The van der Waals surface area contributed by atoms with Crippen molar-refractivity contribution in [3.63, 3.8) is 0 Å². The number of benzene rings is 2. The fourth-order valence-corrected chi connectivity index (χ4v) is 2.84. The second-order valence-electron chi connectivity index (χ2n) is 5.84. The molecule has 0 fully saturated rings. The van der Waals surface area contributed by atoms with E-state index in [1.54, 1.807) is 31.2 Å². The van der Waals surface area contributed by atoms with Gasteiger partial charge < -0.3 is 14.6 Å².